The van der Waals surface area contributed by atoms with Crippen molar-refractivity contribution in [2.24, 2.45) is 5.14 Å². The summed E-state index contributed by atoms with van der Waals surface area (Å²) in [5.41, 5.74) is 0.734. The number of nitrogens with one attached hydrogen (secondary N) is 1. The Kier molecular flexibility index (Phi) is 2.95. The first-order valence-electron chi connectivity index (χ1n) is 4.18. The SMILES string of the molecule is NS(=O)(=O)c1nc(-c2cccc(I)c2)n[nH]1. The third kappa shape index (κ3) is 2.39. The fourth-order valence-electron chi connectivity index (χ4n) is 1.13. The highest BCUT2D eigenvalue weighted by Crippen LogP contribution is 2.17. The van der Waals surface area contributed by atoms with Crippen LogP contribution in [0.25, 0.3) is 11.4 Å². The predicted molar refractivity (Wildman–Crippen MR) is 65.9 cm³/mol. The molecule has 2 rings (SSSR count). The van der Waals surface area contributed by atoms with Crippen LogP contribution in [-0.4, -0.2) is 23.6 Å². The van der Waals surface area contributed by atoms with Gasteiger partial charge in [0.15, 0.2) is 5.82 Å². The third-order valence-electron chi connectivity index (χ3n) is 1.82. The molecule has 0 unspecified atom stereocenters. The summed E-state index contributed by atoms with van der Waals surface area (Å²) in [6, 6.07) is 7.39. The molecule has 2 aromatic rings. The highest BCUT2D eigenvalue weighted by atomic mass is 127. The van der Waals surface area contributed by atoms with Crippen LogP contribution in [-0.2, 0) is 10.0 Å². The van der Waals surface area contributed by atoms with E-state index in [2.05, 4.69) is 37.8 Å². The van der Waals surface area contributed by atoms with Crippen molar-refractivity contribution < 1.29 is 8.42 Å². The van der Waals surface area contributed by atoms with E-state index in [0.29, 0.717) is 5.82 Å². The summed E-state index contributed by atoms with van der Waals surface area (Å²) in [6.07, 6.45) is 0. The zero-order chi connectivity index (χ0) is 11.8. The molecule has 0 bridgehead atoms. The Bertz CT molecular complexity index is 622. The molecule has 6 nitrogen and oxygen atoms in total. The molecule has 1 aromatic heterocycles. The lowest BCUT2D eigenvalue weighted by Crippen LogP contribution is -2.13. The Morgan fingerprint density at radius 2 is 2.12 bits per heavy atom. The lowest BCUT2D eigenvalue weighted by molar-refractivity contribution is 0.589. The van der Waals surface area contributed by atoms with E-state index in [1.165, 1.54) is 0 Å². The van der Waals surface area contributed by atoms with Crippen LogP contribution in [0.15, 0.2) is 29.4 Å². The van der Waals surface area contributed by atoms with Gasteiger partial charge in [-0.2, -0.15) is 10.1 Å². The highest BCUT2D eigenvalue weighted by molar-refractivity contribution is 14.1. The molecule has 0 radical (unpaired) electrons. The molecule has 0 atom stereocenters. The molecular formula is C8H7IN4O2S. The van der Waals surface area contributed by atoms with E-state index in [9.17, 15) is 8.42 Å². The Balaban J connectivity index is 2.47. The number of nitrogens with two attached hydrogens (primary N) is 1. The second-order valence-electron chi connectivity index (χ2n) is 3.02. The quantitative estimate of drug-likeness (QED) is 0.780. The summed E-state index contributed by atoms with van der Waals surface area (Å²) in [6.45, 7) is 0. The topological polar surface area (TPSA) is 102 Å². The standard InChI is InChI=1S/C8H7IN4O2S/c9-6-3-1-2-5(4-6)7-11-8(13-12-7)16(10,14)15/h1-4H,(H2,10,14,15)(H,11,12,13). The maximum Gasteiger partial charge on any atom is 0.273 e. The van der Waals surface area contributed by atoms with E-state index < -0.39 is 10.0 Å². The van der Waals surface area contributed by atoms with Gasteiger partial charge >= 0.3 is 0 Å². The molecule has 1 aromatic carbocycles. The lowest BCUT2D eigenvalue weighted by atomic mass is 10.2. The molecule has 0 saturated heterocycles. The van der Waals surface area contributed by atoms with Gasteiger partial charge in [0, 0.05) is 9.13 Å². The zero-order valence-electron chi connectivity index (χ0n) is 7.88. The minimum Gasteiger partial charge on any atom is -0.248 e. The molecule has 0 aliphatic rings. The van der Waals surface area contributed by atoms with Crippen molar-refractivity contribution in [3.05, 3.63) is 27.8 Å². The average molecular weight is 350 g/mol. The van der Waals surface area contributed by atoms with Gasteiger partial charge in [0.25, 0.3) is 15.2 Å². The number of primary sulfonamides is 1. The van der Waals surface area contributed by atoms with Crippen molar-refractivity contribution in [2.45, 2.75) is 5.16 Å². The molecule has 8 heteroatoms. The minimum absolute atomic E-state index is 0.308. The first kappa shape index (κ1) is 11.5. The molecule has 0 aliphatic carbocycles. The number of benzene rings is 1. The smallest absolute Gasteiger partial charge is 0.248 e. The van der Waals surface area contributed by atoms with Crippen LogP contribution in [0.2, 0.25) is 0 Å². The average Bonchev–Trinajstić information content (AvgIpc) is 2.65. The van der Waals surface area contributed by atoms with Gasteiger partial charge in [-0.15, -0.1) is 0 Å². The second-order valence-corrected chi connectivity index (χ2v) is 5.74. The Morgan fingerprint density at radius 1 is 1.38 bits per heavy atom. The number of sulfonamides is 1. The van der Waals surface area contributed by atoms with E-state index in [1.54, 1.807) is 6.07 Å². The molecule has 3 N–H and O–H groups in total. The molecule has 1 heterocycles. The van der Waals surface area contributed by atoms with Crippen molar-refractivity contribution in [3.63, 3.8) is 0 Å². The number of rotatable bonds is 2. The Hall–Kier alpha value is -1.00. The Morgan fingerprint density at radius 3 is 2.69 bits per heavy atom. The lowest BCUT2D eigenvalue weighted by Gasteiger charge is -1.94. The third-order valence-corrected chi connectivity index (χ3v) is 3.21. The van der Waals surface area contributed by atoms with Gasteiger partial charge in [-0.3, -0.25) is 0 Å². The number of aromatic amines is 1. The first-order chi connectivity index (χ1) is 7.47. The van der Waals surface area contributed by atoms with Gasteiger partial charge in [0.1, 0.15) is 0 Å². The van der Waals surface area contributed by atoms with E-state index in [4.69, 9.17) is 5.14 Å². The fraction of sp³-hybridized carbons (Fsp3) is 0. The first-order valence-corrected chi connectivity index (χ1v) is 6.80. The van der Waals surface area contributed by atoms with Gasteiger partial charge in [0.2, 0.25) is 0 Å². The fourth-order valence-corrected chi connectivity index (χ4v) is 2.06. The van der Waals surface area contributed by atoms with Gasteiger partial charge < -0.3 is 0 Å². The van der Waals surface area contributed by atoms with Crippen molar-refractivity contribution in [1.29, 1.82) is 0 Å². The summed E-state index contributed by atoms with van der Waals surface area (Å²) < 4.78 is 23.0. The van der Waals surface area contributed by atoms with Crippen LogP contribution >= 0.6 is 22.6 Å². The summed E-state index contributed by atoms with van der Waals surface area (Å²) in [7, 11) is -3.83. The van der Waals surface area contributed by atoms with Crippen molar-refractivity contribution >= 4 is 32.6 Å². The van der Waals surface area contributed by atoms with Gasteiger partial charge in [-0.05, 0) is 34.7 Å². The van der Waals surface area contributed by atoms with E-state index in [-0.39, 0.29) is 5.16 Å². The van der Waals surface area contributed by atoms with E-state index in [1.807, 2.05) is 18.2 Å². The summed E-state index contributed by atoms with van der Waals surface area (Å²) in [5.74, 6) is 0.308. The molecule has 16 heavy (non-hydrogen) atoms. The molecule has 84 valence electrons. The van der Waals surface area contributed by atoms with Crippen molar-refractivity contribution in [1.82, 2.24) is 15.2 Å². The highest BCUT2D eigenvalue weighted by Gasteiger charge is 2.14. The van der Waals surface area contributed by atoms with Gasteiger partial charge in [0.05, 0.1) is 0 Å². The van der Waals surface area contributed by atoms with Crippen LogP contribution in [0, 0.1) is 3.57 Å². The maximum absolute atomic E-state index is 11.0. The number of hydrogen-bond acceptors (Lipinski definition) is 4. The second kappa shape index (κ2) is 4.11. The van der Waals surface area contributed by atoms with Gasteiger partial charge in [-0.1, -0.05) is 12.1 Å². The Labute approximate surface area is 105 Å². The number of hydrogen-bond donors (Lipinski definition) is 2. The molecule has 0 spiro atoms. The number of halogens is 1. The van der Waals surface area contributed by atoms with Crippen LogP contribution < -0.4 is 5.14 Å². The molecule has 0 aliphatic heterocycles. The van der Waals surface area contributed by atoms with Gasteiger partial charge in [-0.25, -0.2) is 18.7 Å². The minimum atomic E-state index is -3.83. The van der Waals surface area contributed by atoms with E-state index in [0.717, 1.165) is 9.13 Å². The normalized spacial score (nSPS) is 11.6. The van der Waals surface area contributed by atoms with Crippen molar-refractivity contribution in [2.75, 3.05) is 0 Å². The van der Waals surface area contributed by atoms with Crippen LogP contribution in [0.1, 0.15) is 0 Å². The largest absolute Gasteiger partial charge is 0.273 e. The molecular weight excluding hydrogens is 343 g/mol. The van der Waals surface area contributed by atoms with Crippen molar-refractivity contribution in [3.8, 4) is 11.4 Å². The summed E-state index contributed by atoms with van der Waals surface area (Å²) in [5, 5.41) is 10.7. The number of H-pyrrole nitrogens is 1. The maximum atomic E-state index is 11.0. The zero-order valence-corrected chi connectivity index (χ0v) is 10.9. The molecule has 0 amide bonds. The number of aromatic nitrogens is 3. The molecule has 0 fully saturated rings. The number of nitrogens with zero attached hydrogens (tertiary/aromatic N) is 2. The van der Waals surface area contributed by atoms with Crippen LogP contribution in [0.4, 0.5) is 0 Å². The van der Waals surface area contributed by atoms with Crippen LogP contribution in [0.5, 0.6) is 0 Å². The molecule has 0 saturated carbocycles. The summed E-state index contributed by atoms with van der Waals surface area (Å²) >= 11 is 2.15. The monoisotopic (exact) mass is 350 g/mol. The van der Waals surface area contributed by atoms with Crippen LogP contribution in [0.3, 0.4) is 0 Å². The predicted octanol–water partition coefficient (Wildman–Crippen LogP) is 0.724. The van der Waals surface area contributed by atoms with E-state index >= 15 is 0 Å². The summed E-state index contributed by atoms with van der Waals surface area (Å²) in [4.78, 5) is 3.81.